The molecule has 0 spiro atoms. The van der Waals surface area contributed by atoms with Crippen LogP contribution in [0.1, 0.15) is 6.42 Å². The molecule has 12 heteroatoms. The fourth-order valence-electron chi connectivity index (χ4n) is 1.99. The van der Waals surface area contributed by atoms with Crippen molar-refractivity contribution >= 4 is 40.2 Å². The molecule has 0 saturated carbocycles. The van der Waals surface area contributed by atoms with Crippen molar-refractivity contribution in [3.05, 3.63) is 11.8 Å². The lowest BCUT2D eigenvalue weighted by Crippen LogP contribution is -2.43. The van der Waals surface area contributed by atoms with Crippen LogP contribution in [0, 0.1) is 0 Å². The first-order chi connectivity index (χ1) is 11.8. The fourth-order valence-corrected chi connectivity index (χ4v) is 11.7. The van der Waals surface area contributed by atoms with Crippen molar-refractivity contribution < 1.29 is 35.7 Å². The number of halogens is 3. The van der Waals surface area contributed by atoms with E-state index in [9.17, 15) is 23.1 Å². The summed E-state index contributed by atoms with van der Waals surface area (Å²) in [6.07, 6.45) is -4.06. The molecule has 0 bridgehead atoms. The van der Waals surface area contributed by atoms with Crippen LogP contribution in [-0.2, 0) is 17.5 Å². The van der Waals surface area contributed by atoms with E-state index >= 15 is 0 Å². The van der Waals surface area contributed by atoms with Gasteiger partial charge in [0.2, 0.25) is 8.32 Å². The first-order valence-electron chi connectivity index (χ1n) is 8.82. The number of carboxylic acids is 1. The van der Waals surface area contributed by atoms with Crippen molar-refractivity contribution in [2.45, 2.75) is 77.1 Å². The molecule has 0 rings (SSSR count). The Bertz CT molecular complexity index is 509. The van der Waals surface area contributed by atoms with Gasteiger partial charge in [-0.05, 0) is 58.4 Å². The zero-order chi connectivity index (χ0) is 21.7. The average molecular weight is 463 g/mol. The summed E-state index contributed by atoms with van der Waals surface area (Å²) in [5, 5.41) is 9.50. The van der Waals surface area contributed by atoms with Crippen molar-refractivity contribution in [3.8, 4) is 0 Å². The summed E-state index contributed by atoms with van der Waals surface area (Å²) in [6, 6.07) is -0.00874. The molecule has 27 heavy (non-hydrogen) atoms. The molecule has 0 heterocycles. The van der Waals surface area contributed by atoms with Crippen LogP contribution in [0.5, 0.6) is 0 Å². The largest absolute Gasteiger partial charge is 0.549 e. The number of rotatable bonds is 11. The lowest BCUT2D eigenvalue weighted by atomic mass is 10.3. The molecule has 5 nitrogen and oxygen atoms in total. The SMILES string of the molecule is C[Si](C)(C)O[SiH](CC(=CO[Si](C)(C)CCC(F)(F)F)C(=O)O)O[Si](C)(C)C. The number of carboxylic acid groups (broad SMARTS) is 1. The van der Waals surface area contributed by atoms with Crippen molar-refractivity contribution in [2.24, 2.45) is 0 Å². The van der Waals surface area contributed by atoms with Gasteiger partial charge in [-0.25, -0.2) is 4.79 Å². The van der Waals surface area contributed by atoms with Crippen LogP contribution < -0.4 is 0 Å². The summed E-state index contributed by atoms with van der Waals surface area (Å²) in [4.78, 5) is 11.6. The molecule has 0 aliphatic heterocycles. The monoisotopic (exact) mass is 462 g/mol. The van der Waals surface area contributed by atoms with E-state index in [-0.39, 0.29) is 17.7 Å². The second kappa shape index (κ2) is 9.87. The summed E-state index contributed by atoms with van der Waals surface area (Å²) in [5.74, 6) is -1.16. The molecule has 0 aliphatic rings. The number of carbonyl (C=O) groups is 1. The molecule has 0 atom stereocenters. The highest BCUT2D eigenvalue weighted by Gasteiger charge is 2.34. The Morgan fingerprint density at radius 2 is 1.44 bits per heavy atom. The van der Waals surface area contributed by atoms with Crippen LogP contribution in [0.3, 0.4) is 0 Å². The molecule has 0 fully saturated rings. The van der Waals surface area contributed by atoms with Gasteiger partial charge < -0.3 is 17.8 Å². The standard InChI is InChI=1S/C15H33F3O5Si4/c1-25(2,3)22-24(23-26(4,5)6)12-13(14(19)20)11-21-27(7,8)10-9-15(16,17)18/h11,24H,9-10,12H2,1-8H3,(H,19,20). The highest BCUT2D eigenvalue weighted by atomic mass is 28.4. The number of hydrogen-bond donors (Lipinski definition) is 1. The minimum atomic E-state index is -4.25. The molecule has 0 unspecified atom stereocenters. The second-order valence-corrected chi connectivity index (χ2v) is 24.9. The fraction of sp³-hybridized carbons (Fsp3) is 0.800. The Hall–Kier alpha value is -0.412. The third-order valence-corrected chi connectivity index (χ3v) is 13.9. The first-order valence-corrected chi connectivity index (χ1v) is 20.5. The molecule has 0 saturated heterocycles. The predicted molar refractivity (Wildman–Crippen MR) is 111 cm³/mol. The summed E-state index contributed by atoms with van der Waals surface area (Å²) in [5.41, 5.74) is -0.00393. The number of hydrogen-bond acceptors (Lipinski definition) is 4. The second-order valence-electron chi connectivity index (χ2n) is 9.04. The van der Waals surface area contributed by atoms with Gasteiger partial charge in [0, 0.05) is 12.5 Å². The van der Waals surface area contributed by atoms with Crippen molar-refractivity contribution in [2.75, 3.05) is 0 Å². The highest BCUT2D eigenvalue weighted by Crippen LogP contribution is 2.27. The smallest absolute Gasteiger partial charge is 0.388 e. The van der Waals surface area contributed by atoms with E-state index in [1.165, 1.54) is 0 Å². The van der Waals surface area contributed by atoms with Crippen LogP contribution in [0.4, 0.5) is 13.2 Å². The van der Waals surface area contributed by atoms with E-state index in [0.29, 0.717) is 0 Å². The van der Waals surface area contributed by atoms with E-state index < -0.39 is 52.8 Å². The van der Waals surface area contributed by atoms with Gasteiger partial charge in [-0.3, -0.25) is 0 Å². The molecule has 0 aromatic heterocycles. The molecule has 0 aliphatic carbocycles. The maximum absolute atomic E-state index is 12.4. The van der Waals surface area contributed by atoms with Gasteiger partial charge >= 0.3 is 21.4 Å². The third kappa shape index (κ3) is 15.2. The Morgan fingerprint density at radius 3 is 1.78 bits per heavy atom. The zero-order valence-corrected chi connectivity index (χ0v) is 21.6. The number of alkyl halides is 3. The molecule has 0 amide bonds. The Balaban J connectivity index is 5.25. The first kappa shape index (κ1) is 26.6. The topological polar surface area (TPSA) is 65.0 Å². The minimum absolute atomic E-state index is 0.00393. The lowest BCUT2D eigenvalue weighted by Gasteiger charge is -2.31. The van der Waals surface area contributed by atoms with E-state index in [1.807, 2.05) is 39.3 Å². The molecule has 1 N–H and O–H groups in total. The molecule has 160 valence electrons. The van der Waals surface area contributed by atoms with Crippen molar-refractivity contribution in [1.29, 1.82) is 0 Å². The van der Waals surface area contributed by atoms with Crippen molar-refractivity contribution in [1.82, 2.24) is 0 Å². The van der Waals surface area contributed by atoms with Gasteiger partial charge in [0.15, 0.2) is 16.6 Å². The summed E-state index contributed by atoms with van der Waals surface area (Å²) in [7, 11) is -8.84. The van der Waals surface area contributed by atoms with Crippen LogP contribution in [0.15, 0.2) is 11.8 Å². The van der Waals surface area contributed by atoms with E-state index in [1.54, 1.807) is 13.1 Å². The minimum Gasteiger partial charge on any atom is -0.549 e. The predicted octanol–water partition coefficient (Wildman–Crippen LogP) is 5.05. The Morgan fingerprint density at radius 1 is 1.00 bits per heavy atom. The third-order valence-electron chi connectivity index (χ3n) is 3.16. The molecule has 0 aromatic carbocycles. The quantitative estimate of drug-likeness (QED) is 0.264. The Labute approximate surface area is 165 Å². The maximum atomic E-state index is 12.4. The van der Waals surface area contributed by atoms with Gasteiger partial charge in [0.05, 0.1) is 11.8 Å². The summed E-state index contributed by atoms with van der Waals surface area (Å²) in [6.45, 7) is 15.3. The average Bonchev–Trinajstić information content (AvgIpc) is 2.36. The Kier molecular flexibility index (Phi) is 9.72. The van der Waals surface area contributed by atoms with Gasteiger partial charge in [0.25, 0.3) is 0 Å². The lowest BCUT2D eigenvalue weighted by molar-refractivity contribution is -0.133. The van der Waals surface area contributed by atoms with Gasteiger partial charge in [-0.2, -0.15) is 13.2 Å². The summed E-state index contributed by atoms with van der Waals surface area (Å²) < 4.78 is 55.1. The van der Waals surface area contributed by atoms with E-state index in [4.69, 9.17) is 12.7 Å². The molecule has 0 radical (unpaired) electrons. The highest BCUT2D eigenvalue weighted by molar-refractivity contribution is 6.81. The van der Waals surface area contributed by atoms with Crippen LogP contribution in [0.2, 0.25) is 64.5 Å². The molecular formula is C15H33F3O5Si4. The van der Waals surface area contributed by atoms with Gasteiger partial charge in [0.1, 0.15) is 0 Å². The van der Waals surface area contributed by atoms with Crippen LogP contribution >= 0.6 is 0 Å². The van der Waals surface area contributed by atoms with Crippen LogP contribution in [-0.4, -0.2) is 51.5 Å². The van der Waals surface area contributed by atoms with Gasteiger partial charge in [-0.1, -0.05) is 0 Å². The van der Waals surface area contributed by atoms with Crippen molar-refractivity contribution in [3.63, 3.8) is 0 Å². The zero-order valence-electron chi connectivity index (χ0n) is 17.5. The van der Waals surface area contributed by atoms with E-state index in [0.717, 1.165) is 6.26 Å². The maximum Gasteiger partial charge on any atom is 0.388 e. The number of aliphatic carboxylic acids is 1. The normalized spacial score (nSPS) is 14.6. The summed E-state index contributed by atoms with van der Waals surface area (Å²) >= 11 is 0. The molecule has 0 aromatic rings. The van der Waals surface area contributed by atoms with Gasteiger partial charge in [-0.15, -0.1) is 0 Å². The van der Waals surface area contributed by atoms with E-state index in [2.05, 4.69) is 0 Å². The van der Waals surface area contributed by atoms with Crippen LogP contribution in [0.25, 0.3) is 0 Å². The molecular weight excluding hydrogens is 429 g/mol.